The molecule has 108 valence electrons. The third-order valence-electron chi connectivity index (χ3n) is 2.69. The molecule has 1 aromatic carbocycles. The minimum Gasteiger partial charge on any atom is -0.360 e. The number of hydrogen-bond acceptors (Lipinski definition) is 6. The zero-order chi connectivity index (χ0) is 15.4. The van der Waals surface area contributed by atoms with Crippen LogP contribution in [0.15, 0.2) is 41.0 Å². The monoisotopic (exact) mass is 352 g/mol. The lowest BCUT2D eigenvalue weighted by atomic mass is 10.2. The maximum absolute atomic E-state index is 11.0. The number of nitro groups is 2. The van der Waals surface area contributed by atoms with E-state index < -0.39 is 9.85 Å². The lowest BCUT2D eigenvalue weighted by Gasteiger charge is -2.07. The second-order valence-corrected chi connectivity index (χ2v) is 4.84. The summed E-state index contributed by atoms with van der Waals surface area (Å²) >= 11 is 3.08. The first-order valence-electron chi connectivity index (χ1n) is 5.75. The van der Waals surface area contributed by atoms with Crippen molar-refractivity contribution in [2.24, 2.45) is 0 Å². The van der Waals surface area contributed by atoms with E-state index in [9.17, 15) is 20.2 Å². The number of aromatic nitrogens is 1. The van der Waals surface area contributed by atoms with Crippen LogP contribution >= 0.6 is 15.9 Å². The Morgan fingerprint density at radius 1 is 1.14 bits per heavy atom. The molecule has 1 aromatic heterocycles. The van der Waals surface area contributed by atoms with Crippen LogP contribution in [0, 0.1) is 20.2 Å². The number of rotatable bonds is 5. The Hall–Kier alpha value is -2.55. The normalized spacial score (nSPS) is 10.1. The summed E-state index contributed by atoms with van der Waals surface area (Å²) in [6, 6.07) is 7.62. The van der Waals surface area contributed by atoms with Crippen molar-refractivity contribution < 1.29 is 9.85 Å². The molecule has 0 bridgehead atoms. The molecule has 1 N–H and O–H groups in total. The Balaban J connectivity index is 2.28. The van der Waals surface area contributed by atoms with Crippen molar-refractivity contribution in [2.75, 3.05) is 5.32 Å². The average molecular weight is 353 g/mol. The van der Waals surface area contributed by atoms with Crippen LogP contribution < -0.4 is 5.32 Å². The summed E-state index contributed by atoms with van der Waals surface area (Å²) < 4.78 is 0.285. The number of hydrogen-bond donors (Lipinski definition) is 1. The minimum atomic E-state index is -0.571. The summed E-state index contributed by atoms with van der Waals surface area (Å²) in [7, 11) is 0. The van der Waals surface area contributed by atoms with Crippen molar-refractivity contribution in [1.82, 2.24) is 4.98 Å². The van der Waals surface area contributed by atoms with Gasteiger partial charge in [0, 0.05) is 24.4 Å². The number of nitrogens with zero attached hydrogens (tertiary/aromatic N) is 3. The lowest BCUT2D eigenvalue weighted by molar-refractivity contribution is -0.385. The molecule has 21 heavy (non-hydrogen) atoms. The summed E-state index contributed by atoms with van der Waals surface area (Å²) in [5, 5.41) is 24.7. The van der Waals surface area contributed by atoms with E-state index >= 15 is 0 Å². The van der Waals surface area contributed by atoms with Crippen LogP contribution in [0.3, 0.4) is 0 Å². The van der Waals surface area contributed by atoms with Crippen LogP contribution in [-0.2, 0) is 6.54 Å². The van der Waals surface area contributed by atoms with Gasteiger partial charge in [-0.2, -0.15) is 0 Å². The van der Waals surface area contributed by atoms with Crippen molar-refractivity contribution in [3.8, 4) is 0 Å². The van der Waals surface area contributed by atoms with E-state index in [0.29, 0.717) is 5.56 Å². The van der Waals surface area contributed by atoms with Gasteiger partial charge in [0.05, 0.1) is 9.85 Å². The maximum Gasteiger partial charge on any atom is 0.325 e. The molecule has 0 fully saturated rings. The topological polar surface area (TPSA) is 111 Å². The Kier molecular flexibility index (Phi) is 4.43. The molecule has 0 aliphatic rings. The Bertz CT molecular complexity index is 707. The van der Waals surface area contributed by atoms with Gasteiger partial charge >= 0.3 is 5.69 Å². The zero-order valence-corrected chi connectivity index (χ0v) is 12.1. The van der Waals surface area contributed by atoms with Crippen molar-refractivity contribution in [3.63, 3.8) is 0 Å². The molecule has 0 spiro atoms. The van der Waals surface area contributed by atoms with E-state index in [1.165, 1.54) is 18.3 Å². The van der Waals surface area contributed by atoms with Crippen LogP contribution in [-0.4, -0.2) is 14.8 Å². The van der Waals surface area contributed by atoms with Gasteiger partial charge in [-0.05, 0) is 22.0 Å². The second kappa shape index (κ2) is 6.27. The van der Waals surface area contributed by atoms with Gasteiger partial charge in [0.15, 0.2) is 0 Å². The zero-order valence-electron chi connectivity index (χ0n) is 10.5. The predicted molar refractivity (Wildman–Crippen MR) is 79.0 cm³/mol. The van der Waals surface area contributed by atoms with E-state index in [2.05, 4.69) is 26.2 Å². The number of nitrogens with one attached hydrogen (secondary N) is 1. The number of benzene rings is 1. The fourth-order valence-electron chi connectivity index (χ4n) is 1.75. The van der Waals surface area contributed by atoms with Gasteiger partial charge in [0.25, 0.3) is 5.69 Å². The molecule has 2 rings (SSSR count). The van der Waals surface area contributed by atoms with Crippen LogP contribution in [0.2, 0.25) is 0 Å². The first kappa shape index (κ1) is 14.9. The number of anilines is 1. The Morgan fingerprint density at radius 2 is 1.86 bits per heavy atom. The van der Waals surface area contributed by atoms with Crippen molar-refractivity contribution >= 4 is 33.1 Å². The summed E-state index contributed by atoms with van der Waals surface area (Å²) in [6.07, 6.45) is 1.40. The third-order valence-corrected chi connectivity index (χ3v) is 3.33. The van der Waals surface area contributed by atoms with Crippen LogP contribution in [0.1, 0.15) is 5.56 Å². The molecular weight excluding hydrogens is 344 g/mol. The molecule has 0 aliphatic carbocycles. The number of halogens is 1. The summed E-state index contributed by atoms with van der Waals surface area (Å²) in [6.45, 7) is 0.0570. The molecule has 0 aliphatic heterocycles. The van der Waals surface area contributed by atoms with Crippen LogP contribution in [0.5, 0.6) is 0 Å². The number of nitro benzene ring substituents is 1. The summed E-state index contributed by atoms with van der Waals surface area (Å²) in [5.41, 5.74) is 0.150. The second-order valence-electron chi connectivity index (χ2n) is 3.99. The third kappa shape index (κ3) is 3.31. The molecule has 0 unspecified atom stereocenters. The Labute approximate surface area is 127 Å². The smallest absolute Gasteiger partial charge is 0.325 e. The van der Waals surface area contributed by atoms with E-state index in [0.717, 1.165) is 0 Å². The molecule has 2 aromatic rings. The molecule has 0 radical (unpaired) electrons. The average Bonchev–Trinajstić information content (AvgIpc) is 2.44. The van der Waals surface area contributed by atoms with Gasteiger partial charge in [0.2, 0.25) is 5.82 Å². The van der Waals surface area contributed by atoms with E-state index in [1.807, 2.05) is 0 Å². The molecule has 0 amide bonds. The molecule has 9 heteroatoms. The molecule has 1 heterocycles. The van der Waals surface area contributed by atoms with Gasteiger partial charge < -0.3 is 5.32 Å². The molecule has 0 atom stereocenters. The first-order valence-corrected chi connectivity index (χ1v) is 6.55. The molecule has 0 saturated carbocycles. The predicted octanol–water partition coefficient (Wildman–Crippen LogP) is 3.27. The van der Waals surface area contributed by atoms with Crippen molar-refractivity contribution in [3.05, 3.63) is 66.8 Å². The highest BCUT2D eigenvalue weighted by atomic mass is 79.9. The summed E-state index contributed by atoms with van der Waals surface area (Å²) in [4.78, 5) is 24.8. The first-order chi connectivity index (χ1) is 10.0. The highest BCUT2D eigenvalue weighted by Crippen LogP contribution is 2.31. The number of pyridine rings is 1. The van der Waals surface area contributed by atoms with Gasteiger partial charge in [-0.1, -0.05) is 18.2 Å². The fraction of sp³-hybridized carbons (Fsp3) is 0.0833. The highest BCUT2D eigenvalue weighted by molar-refractivity contribution is 9.10. The van der Waals surface area contributed by atoms with Crippen LogP contribution in [0.4, 0.5) is 17.2 Å². The molecule has 0 saturated heterocycles. The van der Waals surface area contributed by atoms with Gasteiger partial charge in [-0.15, -0.1) is 0 Å². The van der Waals surface area contributed by atoms with E-state index in [1.54, 1.807) is 18.2 Å². The standard InChI is InChI=1S/C12H9BrN4O4/c13-9-5-6-14-12(11(9)17(20)21)15-7-8-3-1-2-4-10(8)16(18)19/h1-6H,7H2,(H,14,15). The van der Waals surface area contributed by atoms with Crippen molar-refractivity contribution in [1.29, 1.82) is 0 Å². The highest BCUT2D eigenvalue weighted by Gasteiger charge is 2.20. The SMILES string of the molecule is O=[N+]([O-])c1ccccc1CNc1nccc(Br)c1[N+](=O)[O-]. The van der Waals surface area contributed by atoms with Gasteiger partial charge in [0.1, 0.15) is 4.47 Å². The summed E-state index contributed by atoms with van der Waals surface area (Å²) in [5.74, 6) is 0.0486. The van der Waals surface area contributed by atoms with Gasteiger partial charge in [-0.25, -0.2) is 4.98 Å². The maximum atomic E-state index is 11.0. The largest absolute Gasteiger partial charge is 0.360 e. The van der Waals surface area contributed by atoms with Gasteiger partial charge in [-0.3, -0.25) is 20.2 Å². The Morgan fingerprint density at radius 3 is 2.52 bits per heavy atom. The van der Waals surface area contributed by atoms with E-state index in [4.69, 9.17) is 0 Å². The van der Waals surface area contributed by atoms with Crippen LogP contribution in [0.25, 0.3) is 0 Å². The quantitative estimate of drug-likeness (QED) is 0.652. The van der Waals surface area contributed by atoms with E-state index in [-0.39, 0.29) is 28.2 Å². The van der Waals surface area contributed by atoms with Crippen molar-refractivity contribution in [2.45, 2.75) is 6.54 Å². The number of para-hydroxylation sites is 1. The minimum absolute atomic E-state index is 0.0486. The molecular formula is C12H9BrN4O4. The lowest BCUT2D eigenvalue weighted by Crippen LogP contribution is -2.06. The fourth-order valence-corrected chi connectivity index (χ4v) is 2.20. The molecule has 8 nitrogen and oxygen atoms in total.